The Bertz CT molecular complexity index is 577. The molecule has 114 valence electrons. The molecule has 1 aliphatic heterocycles. The van der Waals surface area contributed by atoms with Crippen molar-refractivity contribution in [2.45, 2.75) is 50.4 Å². The molecular formula is C16H19F2NOS. The summed E-state index contributed by atoms with van der Waals surface area (Å²) in [6.07, 6.45) is 0.549. The first-order chi connectivity index (χ1) is 9.63. The number of benzene rings is 1. The first-order valence-corrected chi connectivity index (χ1v) is 7.70. The van der Waals surface area contributed by atoms with Crippen molar-refractivity contribution in [2.75, 3.05) is 0 Å². The van der Waals surface area contributed by atoms with Gasteiger partial charge in [-0.05, 0) is 44.4 Å². The Morgan fingerprint density at radius 3 is 2.38 bits per heavy atom. The van der Waals surface area contributed by atoms with Crippen molar-refractivity contribution in [3.8, 4) is 0 Å². The van der Waals surface area contributed by atoms with Crippen LogP contribution in [0.3, 0.4) is 0 Å². The number of amides is 1. The lowest BCUT2D eigenvalue weighted by Gasteiger charge is -2.31. The van der Waals surface area contributed by atoms with Gasteiger partial charge in [-0.2, -0.15) is 0 Å². The van der Waals surface area contributed by atoms with Crippen LogP contribution in [0.1, 0.15) is 45.6 Å². The lowest BCUT2D eigenvalue weighted by atomic mass is 9.93. The number of halogens is 2. The van der Waals surface area contributed by atoms with Gasteiger partial charge >= 0.3 is 0 Å². The highest BCUT2D eigenvalue weighted by Gasteiger charge is 2.53. The van der Waals surface area contributed by atoms with Gasteiger partial charge in [0.05, 0.1) is 5.04 Å². The topological polar surface area (TPSA) is 29.4 Å². The average molecular weight is 311 g/mol. The van der Waals surface area contributed by atoms with Crippen LogP contribution in [0.4, 0.5) is 8.78 Å². The molecule has 21 heavy (non-hydrogen) atoms. The average Bonchev–Trinajstić information content (AvgIpc) is 2.66. The largest absolute Gasteiger partial charge is 0.271 e. The zero-order chi connectivity index (χ0) is 15.8. The number of aliphatic imine (C=N–C) groups is 1. The summed E-state index contributed by atoms with van der Waals surface area (Å²) in [5.41, 5.74) is -0.667. The van der Waals surface area contributed by atoms with Crippen LogP contribution in [-0.2, 0) is 4.79 Å². The van der Waals surface area contributed by atoms with Crippen LogP contribution in [0.2, 0.25) is 0 Å². The lowest BCUT2D eigenvalue weighted by Crippen LogP contribution is -2.45. The third kappa shape index (κ3) is 3.18. The Morgan fingerprint density at radius 2 is 1.90 bits per heavy atom. The summed E-state index contributed by atoms with van der Waals surface area (Å²) in [7, 11) is 0. The van der Waals surface area contributed by atoms with E-state index in [1.807, 2.05) is 6.92 Å². The van der Waals surface area contributed by atoms with Gasteiger partial charge in [-0.1, -0.05) is 30.8 Å². The standard InChI is InChI=1S/C16H19F2NOS/c1-10(11-5-7-12(17)8-6-11)9-13-19-14(20)16(4,21-13)15(2,3)18/h5-8,10H,9H2,1-4H3/t10-,16?/m1/s1. The van der Waals surface area contributed by atoms with E-state index in [1.165, 1.54) is 37.7 Å². The molecular weight excluding hydrogens is 292 g/mol. The maximum atomic E-state index is 14.3. The van der Waals surface area contributed by atoms with Crippen LogP contribution >= 0.6 is 11.8 Å². The van der Waals surface area contributed by atoms with E-state index in [0.717, 1.165) is 5.56 Å². The predicted octanol–water partition coefficient (Wildman–Crippen LogP) is 4.50. The number of hydrogen-bond acceptors (Lipinski definition) is 2. The first kappa shape index (κ1) is 16.1. The molecule has 2 rings (SSSR count). The number of hydrogen-bond donors (Lipinski definition) is 0. The van der Waals surface area contributed by atoms with E-state index in [4.69, 9.17) is 0 Å². The lowest BCUT2D eigenvalue weighted by molar-refractivity contribution is -0.122. The fraction of sp³-hybridized carbons (Fsp3) is 0.500. The maximum Gasteiger partial charge on any atom is 0.266 e. The molecule has 2 atom stereocenters. The van der Waals surface area contributed by atoms with Crippen LogP contribution in [-0.4, -0.2) is 21.4 Å². The number of nitrogens with zero attached hydrogens (tertiary/aromatic N) is 1. The van der Waals surface area contributed by atoms with Gasteiger partial charge in [-0.3, -0.25) is 4.79 Å². The van der Waals surface area contributed by atoms with Gasteiger partial charge < -0.3 is 0 Å². The normalized spacial score (nSPS) is 24.1. The maximum absolute atomic E-state index is 14.3. The molecule has 0 radical (unpaired) electrons. The van der Waals surface area contributed by atoms with Crippen molar-refractivity contribution in [2.24, 2.45) is 4.99 Å². The van der Waals surface area contributed by atoms with Gasteiger partial charge in [0.1, 0.15) is 16.2 Å². The van der Waals surface area contributed by atoms with Crippen molar-refractivity contribution in [3.05, 3.63) is 35.6 Å². The van der Waals surface area contributed by atoms with Crippen molar-refractivity contribution >= 4 is 22.7 Å². The molecule has 0 aliphatic carbocycles. The van der Waals surface area contributed by atoms with Crippen LogP contribution < -0.4 is 0 Å². The van der Waals surface area contributed by atoms with E-state index in [1.54, 1.807) is 19.1 Å². The molecule has 1 aromatic rings. The fourth-order valence-corrected chi connectivity index (χ4v) is 3.46. The molecule has 1 aromatic carbocycles. The number of carbonyl (C=O) groups excluding carboxylic acids is 1. The van der Waals surface area contributed by atoms with Crippen LogP contribution in [0.15, 0.2) is 29.3 Å². The fourth-order valence-electron chi connectivity index (χ4n) is 2.16. The first-order valence-electron chi connectivity index (χ1n) is 6.89. The molecule has 5 heteroatoms. The summed E-state index contributed by atoms with van der Waals surface area (Å²) in [5, 5.41) is 0.644. The van der Waals surface area contributed by atoms with Crippen molar-refractivity contribution in [1.29, 1.82) is 0 Å². The van der Waals surface area contributed by atoms with E-state index in [9.17, 15) is 13.6 Å². The van der Waals surface area contributed by atoms with Gasteiger partial charge in [-0.15, -0.1) is 0 Å². The number of alkyl halides is 1. The number of carbonyl (C=O) groups is 1. The SMILES string of the molecule is C[C@H](CC1=NC(=O)C(C)(C(C)(C)F)S1)c1ccc(F)cc1. The van der Waals surface area contributed by atoms with E-state index in [-0.39, 0.29) is 11.7 Å². The second kappa shape index (κ2) is 5.52. The quantitative estimate of drug-likeness (QED) is 0.819. The van der Waals surface area contributed by atoms with Crippen molar-refractivity contribution < 1.29 is 13.6 Å². The second-order valence-corrected chi connectivity index (χ2v) is 7.57. The molecule has 0 fully saturated rings. The highest BCUT2D eigenvalue weighted by atomic mass is 32.2. The Labute approximate surface area is 128 Å². The van der Waals surface area contributed by atoms with E-state index in [2.05, 4.69) is 4.99 Å². The van der Waals surface area contributed by atoms with Crippen molar-refractivity contribution in [3.63, 3.8) is 0 Å². The second-order valence-electron chi connectivity index (χ2n) is 6.08. The smallest absolute Gasteiger partial charge is 0.266 e. The highest BCUT2D eigenvalue weighted by molar-refractivity contribution is 8.16. The van der Waals surface area contributed by atoms with E-state index < -0.39 is 16.3 Å². The van der Waals surface area contributed by atoms with Gasteiger partial charge in [0, 0.05) is 6.42 Å². The molecule has 1 aliphatic rings. The molecule has 0 saturated carbocycles. The molecule has 0 bridgehead atoms. The number of rotatable bonds is 4. The highest BCUT2D eigenvalue weighted by Crippen LogP contribution is 2.45. The molecule has 1 heterocycles. The zero-order valence-corrected chi connectivity index (χ0v) is 13.4. The minimum atomic E-state index is -1.64. The Balaban J connectivity index is 2.10. The van der Waals surface area contributed by atoms with E-state index >= 15 is 0 Å². The molecule has 0 aromatic heterocycles. The van der Waals surface area contributed by atoms with Gasteiger partial charge in [0.2, 0.25) is 0 Å². The summed E-state index contributed by atoms with van der Waals surface area (Å²) >= 11 is 1.21. The van der Waals surface area contributed by atoms with Gasteiger partial charge in [0.25, 0.3) is 5.91 Å². The van der Waals surface area contributed by atoms with Crippen molar-refractivity contribution in [1.82, 2.24) is 0 Å². The molecule has 2 nitrogen and oxygen atoms in total. The molecule has 0 spiro atoms. The summed E-state index contributed by atoms with van der Waals surface area (Å²) in [6.45, 7) is 6.38. The Morgan fingerprint density at radius 1 is 1.33 bits per heavy atom. The summed E-state index contributed by atoms with van der Waals surface area (Å²) in [5.74, 6) is -0.600. The van der Waals surface area contributed by atoms with Gasteiger partial charge in [-0.25, -0.2) is 13.8 Å². The van der Waals surface area contributed by atoms with Crippen LogP contribution in [0, 0.1) is 5.82 Å². The third-order valence-corrected chi connectivity index (χ3v) is 5.57. The predicted molar refractivity (Wildman–Crippen MR) is 83.1 cm³/mol. The molecule has 0 N–H and O–H groups in total. The summed E-state index contributed by atoms with van der Waals surface area (Å²) in [6, 6.07) is 6.27. The number of thioether (sulfide) groups is 1. The van der Waals surface area contributed by atoms with Gasteiger partial charge in [0.15, 0.2) is 0 Å². The summed E-state index contributed by atoms with van der Waals surface area (Å²) < 4.78 is 26.0. The molecule has 1 amide bonds. The molecule has 1 unspecified atom stereocenters. The third-order valence-electron chi connectivity index (χ3n) is 4.01. The van der Waals surface area contributed by atoms with Crippen LogP contribution in [0.5, 0.6) is 0 Å². The minimum absolute atomic E-state index is 0.0923. The van der Waals surface area contributed by atoms with Crippen LogP contribution in [0.25, 0.3) is 0 Å². The Hall–Kier alpha value is -1.23. The zero-order valence-electron chi connectivity index (χ0n) is 12.6. The minimum Gasteiger partial charge on any atom is -0.271 e. The van der Waals surface area contributed by atoms with E-state index in [0.29, 0.717) is 11.5 Å². The molecule has 0 saturated heterocycles. The monoisotopic (exact) mass is 311 g/mol. The summed E-state index contributed by atoms with van der Waals surface area (Å²) in [4.78, 5) is 16.0. The Kier molecular flexibility index (Phi) is 4.24.